The van der Waals surface area contributed by atoms with Crippen molar-refractivity contribution in [3.8, 4) is 0 Å². The lowest BCUT2D eigenvalue weighted by Gasteiger charge is -2.22. The largest absolute Gasteiger partial charge is 0.217 e. The molecule has 0 unspecified atom stereocenters. The lowest BCUT2D eigenvalue weighted by atomic mass is 10.5. The molecule has 9 heavy (non-hydrogen) atoms. The molecule has 0 bridgehead atoms. The zero-order valence-electron chi connectivity index (χ0n) is 5.48. The van der Waals surface area contributed by atoms with Crippen LogP contribution >= 0.6 is 23.2 Å². The molecule has 4 heteroatoms. The first kappa shape index (κ1) is 9.50. The van der Waals surface area contributed by atoms with Gasteiger partial charge in [0.25, 0.3) is 0 Å². The summed E-state index contributed by atoms with van der Waals surface area (Å²) in [6.45, 7) is 1.10. The quantitative estimate of drug-likeness (QED) is 0.386. The lowest BCUT2D eigenvalue weighted by Crippen LogP contribution is -2.43. The number of halogens is 2. The van der Waals surface area contributed by atoms with Gasteiger partial charge < -0.3 is 0 Å². The molecule has 0 fully saturated rings. The molecule has 0 spiro atoms. The van der Waals surface area contributed by atoms with Gasteiger partial charge >= 0.3 is 0 Å². The van der Waals surface area contributed by atoms with E-state index in [1.54, 1.807) is 7.05 Å². The Kier molecular flexibility index (Phi) is 4.58. The third-order valence-corrected chi connectivity index (χ3v) is 1.47. The molecule has 0 rings (SSSR count). The van der Waals surface area contributed by atoms with Crippen LogP contribution in [0.25, 0.3) is 0 Å². The Balaban J connectivity index is 3.43. The van der Waals surface area contributed by atoms with Gasteiger partial charge in [0.2, 0.25) is 0 Å². The van der Waals surface area contributed by atoms with Gasteiger partial charge in [-0.15, -0.1) is 23.2 Å². The SMILES string of the molecule is C[N+](O)(CCCl)CCCl. The van der Waals surface area contributed by atoms with Crippen LogP contribution in [0.5, 0.6) is 0 Å². The molecule has 0 aliphatic heterocycles. The van der Waals surface area contributed by atoms with E-state index in [0.717, 1.165) is 0 Å². The molecule has 0 aromatic rings. The highest BCUT2D eigenvalue weighted by molar-refractivity contribution is 6.18. The normalized spacial score (nSPS) is 12.0. The average molecular weight is 173 g/mol. The van der Waals surface area contributed by atoms with Crippen LogP contribution in [0.1, 0.15) is 0 Å². The van der Waals surface area contributed by atoms with Crippen LogP contribution in [0.4, 0.5) is 0 Å². The maximum atomic E-state index is 9.28. The Bertz CT molecular complexity index is 69.4. The van der Waals surface area contributed by atoms with Crippen molar-refractivity contribution >= 4 is 23.2 Å². The molecule has 0 saturated heterocycles. The van der Waals surface area contributed by atoms with Crippen molar-refractivity contribution in [2.24, 2.45) is 0 Å². The van der Waals surface area contributed by atoms with Crippen LogP contribution in [0.2, 0.25) is 0 Å². The van der Waals surface area contributed by atoms with E-state index in [1.165, 1.54) is 0 Å². The average Bonchev–Trinajstić information content (AvgIpc) is 1.64. The van der Waals surface area contributed by atoms with Crippen molar-refractivity contribution in [3.63, 3.8) is 0 Å². The summed E-state index contributed by atoms with van der Waals surface area (Å²) in [5.41, 5.74) is 0. The van der Waals surface area contributed by atoms with Gasteiger partial charge in [-0.2, -0.15) is 4.65 Å². The van der Waals surface area contributed by atoms with Crippen LogP contribution in [-0.4, -0.2) is 41.8 Å². The fourth-order valence-corrected chi connectivity index (χ4v) is 1.20. The lowest BCUT2D eigenvalue weighted by molar-refractivity contribution is -1.08. The molecule has 0 amide bonds. The molecule has 0 radical (unpaired) electrons. The molecule has 56 valence electrons. The molecule has 0 heterocycles. The third kappa shape index (κ3) is 4.97. The first-order chi connectivity index (χ1) is 4.12. The number of hydrogen-bond acceptors (Lipinski definition) is 1. The molecule has 0 aliphatic rings. The van der Waals surface area contributed by atoms with E-state index in [0.29, 0.717) is 24.8 Å². The molecular formula is C5H12Cl2NO+. The second-order valence-corrected chi connectivity index (χ2v) is 2.92. The van der Waals surface area contributed by atoms with Gasteiger partial charge in [0.05, 0.1) is 18.8 Å². The summed E-state index contributed by atoms with van der Waals surface area (Å²) in [4.78, 5) is 0. The molecular weight excluding hydrogens is 161 g/mol. The van der Waals surface area contributed by atoms with Crippen molar-refractivity contribution in [3.05, 3.63) is 0 Å². The van der Waals surface area contributed by atoms with Gasteiger partial charge in [-0.1, -0.05) is 0 Å². The monoisotopic (exact) mass is 172 g/mol. The van der Waals surface area contributed by atoms with Crippen molar-refractivity contribution in [2.75, 3.05) is 31.9 Å². The summed E-state index contributed by atoms with van der Waals surface area (Å²) in [6, 6.07) is 0. The van der Waals surface area contributed by atoms with Gasteiger partial charge in [0, 0.05) is 0 Å². The van der Waals surface area contributed by atoms with E-state index in [4.69, 9.17) is 23.2 Å². The Morgan fingerprint density at radius 3 is 1.78 bits per heavy atom. The zero-order valence-corrected chi connectivity index (χ0v) is 6.99. The van der Waals surface area contributed by atoms with Crippen LogP contribution in [0.3, 0.4) is 0 Å². The summed E-state index contributed by atoms with van der Waals surface area (Å²) in [6.07, 6.45) is 0. The van der Waals surface area contributed by atoms with Gasteiger partial charge in [-0.3, -0.25) is 0 Å². The van der Waals surface area contributed by atoms with E-state index >= 15 is 0 Å². The molecule has 1 N–H and O–H groups in total. The number of nitrogens with zero attached hydrogens (tertiary/aromatic N) is 1. The zero-order chi connectivity index (χ0) is 7.33. The molecule has 0 aromatic carbocycles. The van der Waals surface area contributed by atoms with E-state index < -0.39 is 0 Å². The van der Waals surface area contributed by atoms with Crippen LogP contribution in [-0.2, 0) is 0 Å². The maximum Gasteiger partial charge on any atom is 0.122 e. The topological polar surface area (TPSA) is 20.2 Å². The van der Waals surface area contributed by atoms with Gasteiger partial charge in [0.15, 0.2) is 0 Å². The standard InChI is InChI=1S/C5H12Cl2NO/c1-8(9,4-2-6)5-3-7/h9H,2-5H2,1H3/q+1. The second kappa shape index (κ2) is 4.34. The van der Waals surface area contributed by atoms with Crippen molar-refractivity contribution in [1.29, 1.82) is 0 Å². The Morgan fingerprint density at radius 2 is 1.56 bits per heavy atom. The second-order valence-electron chi connectivity index (χ2n) is 2.16. The Morgan fingerprint density at radius 1 is 1.22 bits per heavy atom. The number of alkyl halides is 2. The molecule has 0 aromatic heterocycles. The Labute approximate surface area is 65.5 Å². The van der Waals surface area contributed by atoms with Crippen molar-refractivity contribution in [1.82, 2.24) is 0 Å². The number of hydrogen-bond donors (Lipinski definition) is 1. The van der Waals surface area contributed by atoms with Crippen molar-refractivity contribution < 1.29 is 9.85 Å². The number of rotatable bonds is 4. The van der Waals surface area contributed by atoms with E-state index in [2.05, 4.69) is 0 Å². The predicted molar refractivity (Wildman–Crippen MR) is 39.1 cm³/mol. The third-order valence-electron chi connectivity index (χ3n) is 1.13. The maximum absolute atomic E-state index is 9.28. The highest BCUT2D eigenvalue weighted by Gasteiger charge is 2.15. The molecule has 0 aliphatic carbocycles. The highest BCUT2D eigenvalue weighted by atomic mass is 35.5. The van der Waals surface area contributed by atoms with Crippen LogP contribution < -0.4 is 0 Å². The molecule has 0 saturated carbocycles. The Hall–Kier alpha value is 0.500. The van der Waals surface area contributed by atoms with Crippen molar-refractivity contribution in [2.45, 2.75) is 0 Å². The van der Waals surface area contributed by atoms with E-state index in [-0.39, 0.29) is 4.65 Å². The highest BCUT2D eigenvalue weighted by Crippen LogP contribution is 1.96. The summed E-state index contributed by atoms with van der Waals surface area (Å²) in [5.74, 6) is 0.924. The van der Waals surface area contributed by atoms with Gasteiger partial charge in [0.1, 0.15) is 13.1 Å². The summed E-state index contributed by atoms with van der Waals surface area (Å²) < 4.78 is -0.0764. The fourth-order valence-electron chi connectivity index (χ4n) is 0.476. The summed E-state index contributed by atoms with van der Waals surface area (Å²) in [5, 5.41) is 9.28. The van der Waals surface area contributed by atoms with Crippen LogP contribution in [0, 0.1) is 0 Å². The first-order valence-corrected chi connectivity index (χ1v) is 3.88. The van der Waals surface area contributed by atoms with Crippen LogP contribution in [0.15, 0.2) is 0 Å². The van der Waals surface area contributed by atoms with E-state index in [9.17, 15) is 5.21 Å². The van der Waals surface area contributed by atoms with Gasteiger partial charge in [-0.05, 0) is 0 Å². The summed E-state index contributed by atoms with van der Waals surface area (Å²) in [7, 11) is 1.69. The minimum absolute atomic E-state index is 0.0764. The minimum Gasteiger partial charge on any atom is -0.217 e. The first-order valence-electron chi connectivity index (χ1n) is 2.81. The summed E-state index contributed by atoms with van der Waals surface area (Å²) >= 11 is 10.8. The van der Waals surface area contributed by atoms with Gasteiger partial charge in [-0.25, -0.2) is 5.21 Å². The molecule has 0 atom stereocenters. The smallest absolute Gasteiger partial charge is 0.122 e. The molecule has 2 nitrogen and oxygen atoms in total. The fraction of sp³-hybridized carbons (Fsp3) is 1.00. The number of quaternary nitrogens is 1. The number of hydroxylamine groups is 3. The predicted octanol–water partition coefficient (Wildman–Crippen LogP) is 1.30. The van der Waals surface area contributed by atoms with E-state index in [1.807, 2.05) is 0 Å². The minimum atomic E-state index is -0.0764.